The van der Waals surface area contributed by atoms with E-state index in [0.717, 1.165) is 49.1 Å². The number of rotatable bonds is 7. The van der Waals surface area contributed by atoms with Crippen LogP contribution in [0.4, 0.5) is 0 Å². The van der Waals surface area contributed by atoms with Gasteiger partial charge in [0.05, 0.1) is 23.0 Å². The fourth-order valence-electron chi connectivity index (χ4n) is 1.55. The van der Waals surface area contributed by atoms with E-state index in [2.05, 4.69) is 10.4 Å². The lowest BCUT2D eigenvalue weighted by molar-refractivity contribution is 0.199. The first-order valence-electron chi connectivity index (χ1n) is 5.56. The van der Waals surface area contributed by atoms with Crippen LogP contribution in [0, 0.1) is 13.8 Å². The summed E-state index contributed by atoms with van der Waals surface area (Å²) in [5.41, 5.74) is 1.96. The highest BCUT2D eigenvalue weighted by Crippen LogP contribution is 2.18. The quantitative estimate of drug-likeness (QED) is 0.745. The third kappa shape index (κ3) is 3.77. The fraction of sp³-hybridized carbons (Fsp3) is 0.727. The van der Waals surface area contributed by atoms with E-state index in [9.17, 15) is 0 Å². The molecule has 0 amide bonds. The van der Waals surface area contributed by atoms with E-state index in [-0.39, 0.29) is 0 Å². The van der Waals surface area contributed by atoms with Gasteiger partial charge in [0.2, 0.25) is 0 Å². The molecule has 0 saturated carbocycles. The number of ether oxygens (including phenoxy) is 1. The van der Waals surface area contributed by atoms with Crippen LogP contribution < -0.4 is 5.32 Å². The Labute approximate surface area is 102 Å². The van der Waals surface area contributed by atoms with Crippen LogP contribution in [0.25, 0.3) is 0 Å². The molecule has 0 aliphatic rings. The standard InChI is InChI=1S/C11H20ClN3O/c1-9-11(12)10(2)15(14-9)7-4-5-13-6-8-16-3/h13H,4-8H2,1-3H3. The molecule has 92 valence electrons. The van der Waals surface area contributed by atoms with Gasteiger partial charge in [0.15, 0.2) is 0 Å². The van der Waals surface area contributed by atoms with Crippen molar-refractivity contribution < 1.29 is 4.74 Å². The van der Waals surface area contributed by atoms with Gasteiger partial charge in [0.1, 0.15) is 0 Å². The Kier molecular flexibility index (Phi) is 5.80. The first kappa shape index (κ1) is 13.5. The van der Waals surface area contributed by atoms with Gasteiger partial charge in [-0.05, 0) is 26.8 Å². The van der Waals surface area contributed by atoms with Gasteiger partial charge in [-0.15, -0.1) is 0 Å². The molecule has 0 spiro atoms. The molecular weight excluding hydrogens is 226 g/mol. The molecule has 0 unspecified atom stereocenters. The molecular formula is C11H20ClN3O. The maximum atomic E-state index is 6.06. The summed E-state index contributed by atoms with van der Waals surface area (Å²) >= 11 is 6.06. The number of hydrogen-bond donors (Lipinski definition) is 1. The largest absolute Gasteiger partial charge is 0.383 e. The van der Waals surface area contributed by atoms with Crippen molar-refractivity contribution in [2.24, 2.45) is 0 Å². The Hall–Kier alpha value is -0.580. The highest BCUT2D eigenvalue weighted by Gasteiger charge is 2.07. The molecule has 0 aliphatic carbocycles. The molecule has 1 aromatic heterocycles. The number of nitrogens with zero attached hydrogens (tertiary/aromatic N) is 2. The van der Waals surface area contributed by atoms with E-state index in [1.54, 1.807) is 7.11 Å². The number of halogens is 1. The second-order valence-electron chi connectivity index (χ2n) is 3.80. The summed E-state index contributed by atoms with van der Waals surface area (Å²) in [6, 6.07) is 0. The summed E-state index contributed by atoms with van der Waals surface area (Å²) < 4.78 is 6.92. The SMILES string of the molecule is COCCNCCCn1nc(C)c(Cl)c1C. The average Bonchev–Trinajstić information content (AvgIpc) is 2.51. The minimum absolute atomic E-state index is 0.756. The lowest BCUT2D eigenvalue weighted by Crippen LogP contribution is -2.21. The van der Waals surface area contributed by atoms with Crippen molar-refractivity contribution in [1.82, 2.24) is 15.1 Å². The third-order valence-corrected chi connectivity index (χ3v) is 3.05. The van der Waals surface area contributed by atoms with Crippen molar-refractivity contribution in [1.29, 1.82) is 0 Å². The molecule has 1 N–H and O–H groups in total. The van der Waals surface area contributed by atoms with Crippen LogP contribution in [0.1, 0.15) is 17.8 Å². The predicted octanol–water partition coefficient (Wildman–Crippen LogP) is 1.78. The molecule has 0 saturated heterocycles. The molecule has 0 fully saturated rings. The summed E-state index contributed by atoms with van der Waals surface area (Å²) in [4.78, 5) is 0. The number of nitrogens with one attached hydrogen (secondary N) is 1. The number of methoxy groups -OCH3 is 1. The zero-order chi connectivity index (χ0) is 12.0. The van der Waals surface area contributed by atoms with Gasteiger partial charge >= 0.3 is 0 Å². The van der Waals surface area contributed by atoms with Crippen molar-refractivity contribution in [2.75, 3.05) is 26.8 Å². The van der Waals surface area contributed by atoms with Crippen LogP contribution in [0.2, 0.25) is 5.02 Å². The second kappa shape index (κ2) is 6.89. The summed E-state index contributed by atoms with van der Waals surface area (Å²) in [7, 11) is 1.71. The average molecular weight is 246 g/mol. The van der Waals surface area contributed by atoms with Gasteiger partial charge in [0.25, 0.3) is 0 Å². The van der Waals surface area contributed by atoms with Crippen LogP contribution in [-0.2, 0) is 11.3 Å². The van der Waals surface area contributed by atoms with Gasteiger partial charge < -0.3 is 10.1 Å². The van der Waals surface area contributed by atoms with E-state index in [4.69, 9.17) is 16.3 Å². The monoisotopic (exact) mass is 245 g/mol. The summed E-state index contributed by atoms with van der Waals surface area (Å²) in [6.07, 6.45) is 1.04. The smallest absolute Gasteiger partial charge is 0.0844 e. The zero-order valence-electron chi connectivity index (χ0n) is 10.2. The fourth-order valence-corrected chi connectivity index (χ4v) is 1.68. The van der Waals surface area contributed by atoms with Crippen molar-refractivity contribution in [2.45, 2.75) is 26.8 Å². The van der Waals surface area contributed by atoms with E-state index in [1.807, 2.05) is 18.5 Å². The maximum Gasteiger partial charge on any atom is 0.0844 e. The van der Waals surface area contributed by atoms with Gasteiger partial charge in [-0.3, -0.25) is 4.68 Å². The third-order valence-electron chi connectivity index (χ3n) is 2.50. The van der Waals surface area contributed by atoms with E-state index in [0.29, 0.717) is 0 Å². The van der Waals surface area contributed by atoms with Gasteiger partial charge in [-0.1, -0.05) is 11.6 Å². The van der Waals surface area contributed by atoms with E-state index >= 15 is 0 Å². The molecule has 5 heteroatoms. The summed E-state index contributed by atoms with van der Waals surface area (Å²) in [5.74, 6) is 0. The lowest BCUT2D eigenvalue weighted by atomic mass is 10.4. The van der Waals surface area contributed by atoms with Crippen LogP contribution in [0.3, 0.4) is 0 Å². The Morgan fingerprint density at radius 3 is 2.69 bits per heavy atom. The van der Waals surface area contributed by atoms with Crippen molar-refractivity contribution >= 4 is 11.6 Å². The van der Waals surface area contributed by atoms with Gasteiger partial charge in [-0.2, -0.15) is 5.10 Å². The molecule has 1 heterocycles. The second-order valence-corrected chi connectivity index (χ2v) is 4.18. The Bertz CT molecular complexity index is 325. The highest BCUT2D eigenvalue weighted by molar-refractivity contribution is 6.31. The van der Waals surface area contributed by atoms with Crippen molar-refractivity contribution in [3.63, 3.8) is 0 Å². The Balaban J connectivity index is 2.24. The Morgan fingerprint density at radius 1 is 1.38 bits per heavy atom. The molecule has 1 rings (SSSR count). The molecule has 0 bridgehead atoms. The number of aromatic nitrogens is 2. The first-order valence-corrected chi connectivity index (χ1v) is 5.93. The zero-order valence-corrected chi connectivity index (χ0v) is 11.0. The summed E-state index contributed by atoms with van der Waals surface area (Å²) in [5, 5.41) is 8.46. The van der Waals surface area contributed by atoms with Crippen molar-refractivity contribution in [3.8, 4) is 0 Å². The summed E-state index contributed by atoms with van der Waals surface area (Å²) in [6.45, 7) is 7.46. The molecule has 0 aromatic carbocycles. The number of hydrogen-bond acceptors (Lipinski definition) is 3. The van der Waals surface area contributed by atoms with E-state index < -0.39 is 0 Å². The lowest BCUT2D eigenvalue weighted by Gasteiger charge is -2.05. The molecule has 0 radical (unpaired) electrons. The predicted molar refractivity (Wildman–Crippen MR) is 66.1 cm³/mol. The number of aryl methyl sites for hydroxylation is 2. The van der Waals surface area contributed by atoms with Crippen LogP contribution >= 0.6 is 11.6 Å². The van der Waals surface area contributed by atoms with Gasteiger partial charge in [0, 0.05) is 20.2 Å². The molecule has 0 atom stereocenters. The molecule has 1 aromatic rings. The topological polar surface area (TPSA) is 39.1 Å². The first-order chi connectivity index (χ1) is 7.66. The molecule has 0 aliphatic heterocycles. The van der Waals surface area contributed by atoms with Crippen LogP contribution in [-0.4, -0.2) is 36.6 Å². The van der Waals surface area contributed by atoms with Crippen molar-refractivity contribution in [3.05, 3.63) is 16.4 Å². The highest BCUT2D eigenvalue weighted by atomic mass is 35.5. The molecule has 16 heavy (non-hydrogen) atoms. The van der Waals surface area contributed by atoms with Gasteiger partial charge in [-0.25, -0.2) is 0 Å². The Morgan fingerprint density at radius 2 is 2.12 bits per heavy atom. The normalized spacial score (nSPS) is 11.0. The minimum atomic E-state index is 0.756. The maximum absolute atomic E-state index is 6.06. The van der Waals surface area contributed by atoms with Crippen LogP contribution in [0.15, 0.2) is 0 Å². The van der Waals surface area contributed by atoms with E-state index in [1.165, 1.54) is 0 Å². The van der Waals surface area contributed by atoms with Crippen LogP contribution in [0.5, 0.6) is 0 Å². The molecule has 4 nitrogen and oxygen atoms in total. The minimum Gasteiger partial charge on any atom is -0.383 e.